The maximum absolute atomic E-state index is 2.96. The molecular formula is C9H22LiNSi2. The van der Waals surface area contributed by atoms with E-state index >= 15 is 0 Å². The molecule has 0 amide bonds. The molecule has 0 spiro atoms. The first-order chi connectivity index (χ1) is 5.76. The zero-order valence-corrected chi connectivity index (χ0v) is 12.1. The molecule has 1 saturated heterocycles. The average Bonchev–Trinajstić information content (AvgIpc) is 2.12. The summed E-state index contributed by atoms with van der Waals surface area (Å²) in [5.41, 5.74) is 0. The van der Waals surface area contributed by atoms with E-state index in [1.165, 1.54) is 6.54 Å². The quantitative estimate of drug-likeness (QED) is 0.629. The van der Waals surface area contributed by atoms with Crippen LogP contribution in [0, 0.1) is 0 Å². The van der Waals surface area contributed by atoms with Crippen LogP contribution in [0.2, 0.25) is 42.9 Å². The summed E-state index contributed by atoms with van der Waals surface area (Å²) in [6.45, 7) is 13.9. The van der Waals surface area contributed by atoms with Gasteiger partial charge in [0.1, 0.15) is 0 Å². The Kier molecular flexibility index (Phi) is 3.58. The van der Waals surface area contributed by atoms with Crippen LogP contribution in [0.3, 0.4) is 0 Å². The summed E-state index contributed by atoms with van der Waals surface area (Å²) in [5, 5.41) is 0. The average molecular weight is 207 g/mol. The third-order valence-corrected chi connectivity index (χ3v) is 13.7. The fourth-order valence-electron chi connectivity index (χ4n) is 2.56. The number of hydrogen-bond donors (Lipinski definition) is 0. The van der Waals surface area contributed by atoms with Gasteiger partial charge in [-0.3, -0.25) is 0 Å². The Labute approximate surface area is 94.7 Å². The fourth-order valence-corrected chi connectivity index (χ4v) is 16.9. The van der Waals surface area contributed by atoms with Gasteiger partial charge in [-0.15, -0.1) is 0 Å². The predicted molar refractivity (Wildman–Crippen MR) is 66.5 cm³/mol. The zero-order valence-electron chi connectivity index (χ0n) is 10.1. The van der Waals surface area contributed by atoms with Crippen molar-refractivity contribution in [3.8, 4) is 0 Å². The number of nitrogens with zero attached hydrogens (tertiary/aromatic N) is 1. The van der Waals surface area contributed by atoms with Crippen LogP contribution in [0.25, 0.3) is 0 Å². The molecule has 72 valence electrons. The van der Waals surface area contributed by atoms with Crippen molar-refractivity contribution >= 4 is 34.2 Å². The van der Waals surface area contributed by atoms with Crippen molar-refractivity contribution in [1.82, 2.24) is 4.23 Å². The van der Waals surface area contributed by atoms with E-state index in [0.717, 1.165) is 4.59 Å². The second kappa shape index (κ2) is 3.86. The van der Waals surface area contributed by atoms with E-state index in [2.05, 4.69) is 55.1 Å². The fraction of sp³-hybridized carbons (Fsp3) is 1.00. The van der Waals surface area contributed by atoms with Gasteiger partial charge in [0.15, 0.2) is 0 Å². The summed E-state index contributed by atoms with van der Waals surface area (Å²) in [7, 11) is -1.95. The molecule has 4 heteroatoms. The third-order valence-electron chi connectivity index (χ3n) is 3.36. The van der Waals surface area contributed by atoms with Gasteiger partial charge >= 0.3 is 94.8 Å². The Morgan fingerprint density at radius 3 is 1.85 bits per heavy atom. The molecule has 0 aliphatic carbocycles. The molecule has 0 N–H and O–H groups in total. The first kappa shape index (κ1) is 12.1. The van der Waals surface area contributed by atoms with Gasteiger partial charge in [0.05, 0.1) is 0 Å². The normalized spacial score (nSPS) is 29.2. The Balaban J connectivity index is 2.75. The van der Waals surface area contributed by atoms with Gasteiger partial charge in [-0.25, -0.2) is 0 Å². The summed E-state index contributed by atoms with van der Waals surface area (Å²) in [6, 6.07) is 3.08. The molecule has 0 aromatic carbocycles. The predicted octanol–water partition coefficient (Wildman–Crippen LogP) is 2.69. The van der Waals surface area contributed by atoms with Crippen molar-refractivity contribution in [2.45, 2.75) is 49.8 Å². The van der Waals surface area contributed by atoms with Crippen molar-refractivity contribution in [3.63, 3.8) is 0 Å². The standard InChI is InChI=1S/C9H22NSi2.Li/c1-6-7-10-11(2,3)8-9-12(10,4)5;/h6H,7-9H2,1-5H3;. The molecule has 0 saturated carbocycles. The van der Waals surface area contributed by atoms with Crippen LogP contribution >= 0.6 is 0 Å². The summed E-state index contributed by atoms with van der Waals surface area (Å²) < 4.78 is 3.81. The molecule has 13 heavy (non-hydrogen) atoms. The van der Waals surface area contributed by atoms with Gasteiger partial charge in [0.25, 0.3) is 0 Å². The van der Waals surface area contributed by atoms with Crippen LogP contribution in [0.1, 0.15) is 6.92 Å². The van der Waals surface area contributed by atoms with Gasteiger partial charge < -0.3 is 0 Å². The molecule has 1 nitrogen and oxygen atoms in total. The topological polar surface area (TPSA) is 3.24 Å². The Bertz CT molecular complexity index is 176. The second-order valence-electron chi connectivity index (χ2n) is 6.13. The Hall–Kier alpha value is 0.991. The maximum atomic E-state index is 2.96. The molecular weight excluding hydrogens is 185 g/mol. The molecule has 1 atom stereocenters. The van der Waals surface area contributed by atoms with E-state index in [0.29, 0.717) is 0 Å². The minimum atomic E-state index is -0.973. The van der Waals surface area contributed by atoms with Gasteiger partial charge in [0, 0.05) is 0 Å². The van der Waals surface area contributed by atoms with Crippen molar-refractivity contribution in [3.05, 3.63) is 0 Å². The van der Waals surface area contributed by atoms with Crippen LogP contribution in [0.5, 0.6) is 0 Å². The molecule has 0 bridgehead atoms. The first-order valence-corrected chi connectivity index (χ1v) is 11.8. The van der Waals surface area contributed by atoms with E-state index < -0.39 is 16.5 Å². The van der Waals surface area contributed by atoms with Gasteiger partial charge in [-0.2, -0.15) is 0 Å². The molecule has 1 aliphatic heterocycles. The van der Waals surface area contributed by atoms with Crippen molar-refractivity contribution in [2.24, 2.45) is 0 Å². The molecule has 1 rings (SSSR count). The molecule has 0 aromatic rings. The molecule has 0 radical (unpaired) electrons. The van der Waals surface area contributed by atoms with Crippen LogP contribution in [0.15, 0.2) is 0 Å². The Morgan fingerprint density at radius 2 is 1.54 bits per heavy atom. The van der Waals surface area contributed by atoms with Crippen LogP contribution in [0.4, 0.5) is 0 Å². The van der Waals surface area contributed by atoms with E-state index in [1.54, 1.807) is 12.1 Å². The molecule has 1 fully saturated rings. The monoisotopic (exact) mass is 207 g/mol. The van der Waals surface area contributed by atoms with Gasteiger partial charge in [-0.1, -0.05) is 0 Å². The minimum absolute atomic E-state index is 0.844. The number of hydrogen-bond acceptors (Lipinski definition) is 1. The second-order valence-corrected chi connectivity index (χ2v) is 15.9. The summed E-state index contributed by atoms with van der Waals surface area (Å²) in [5.74, 6) is 0. The summed E-state index contributed by atoms with van der Waals surface area (Å²) in [6.07, 6.45) is 0. The van der Waals surface area contributed by atoms with Crippen molar-refractivity contribution in [1.29, 1.82) is 0 Å². The van der Waals surface area contributed by atoms with Crippen LogP contribution in [-0.4, -0.2) is 45.0 Å². The van der Waals surface area contributed by atoms with Crippen LogP contribution in [-0.2, 0) is 0 Å². The first-order valence-electron chi connectivity index (χ1n) is 5.53. The molecule has 1 aliphatic rings. The van der Waals surface area contributed by atoms with E-state index in [1.807, 2.05) is 0 Å². The third kappa shape index (κ3) is 2.73. The molecule has 1 heterocycles. The SMILES string of the molecule is [Li][CH](C)CN1[Si](C)(C)CC[Si]1(C)C. The Morgan fingerprint density at radius 1 is 1.15 bits per heavy atom. The van der Waals surface area contributed by atoms with Crippen LogP contribution < -0.4 is 0 Å². The summed E-state index contributed by atoms with van der Waals surface area (Å²) in [4.78, 5) is 0. The van der Waals surface area contributed by atoms with E-state index in [4.69, 9.17) is 0 Å². The molecule has 0 aromatic heterocycles. The zero-order chi connectivity index (χ0) is 10.3. The van der Waals surface area contributed by atoms with E-state index in [-0.39, 0.29) is 0 Å². The van der Waals surface area contributed by atoms with Crippen molar-refractivity contribution in [2.75, 3.05) is 6.54 Å². The van der Waals surface area contributed by atoms with Gasteiger partial charge in [-0.05, 0) is 0 Å². The van der Waals surface area contributed by atoms with Gasteiger partial charge in [0.2, 0.25) is 0 Å². The van der Waals surface area contributed by atoms with Crippen molar-refractivity contribution < 1.29 is 0 Å². The van der Waals surface area contributed by atoms with E-state index in [9.17, 15) is 0 Å². The summed E-state index contributed by atoms with van der Waals surface area (Å²) >= 11 is 2.35. The molecule has 1 unspecified atom stereocenters. The number of rotatable bonds is 2.